The monoisotopic (exact) mass is 307 g/mol. The van der Waals surface area contributed by atoms with Crippen LogP contribution in [0.1, 0.15) is 39.2 Å². The largest absolute Gasteiger partial charge is 0.481 e. The Bertz CT molecular complexity index is 473. The fourth-order valence-electron chi connectivity index (χ4n) is 2.36. The third-order valence-electron chi connectivity index (χ3n) is 3.48. The number of nitrogens with one attached hydrogen (secondary N) is 1. The summed E-state index contributed by atoms with van der Waals surface area (Å²) in [5.41, 5.74) is 0.912. The van der Waals surface area contributed by atoms with Gasteiger partial charge in [0.25, 0.3) is 0 Å². The zero-order valence-electron chi connectivity index (χ0n) is 13.4. The minimum Gasteiger partial charge on any atom is -0.481 e. The highest BCUT2D eigenvalue weighted by Gasteiger charge is 2.23. The Morgan fingerprint density at radius 3 is 2.36 bits per heavy atom. The lowest BCUT2D eigenvalue weighted by Crippen LogP contribution is -2.39. The predicted octanol–water partition coefficient (Wildman–Crippen LogP) is 3.44. The molecule has 0 saturated carbocycles. The number of carboxylic acids is 1. The molecule has 1 aromatic carbocycles. The maximum Gasteiger partial charge on any atom is 0.407 e. The second kappa shape index (κ2) is 9.07. The Morgan fingerprint density at radius 1 is 1.18 bits per heavy atom. The van der Waals surface area contributed by atoms with Crippen LogP contribution in [-0.2, 0) is 16.1 Å². The van der Waals surface area contributed by atoms with Crippen LogP contribution in [0.5, 0.6) is 0 Å². The molecule has 1 aromatic rings. The minimum absolute atomic E-state index is 0.0400. The molecule has 0 aromatic heterocycles. The number of aliphatic carboxylic acids is 1. The van der Waals surface area contributed by atoms with Crippen molar-refractivity contribution in [2.45, 2.75) is 46.3 Å². The maximum atomic E-state index is 11.8. The molecule has 0 aliphatic carbocycles. The summed E-state index contributed by atoms with van der Waals surface area (Å²) in [6, 6.07) is 9.16. The van der Waals surface area contributed by atoms with E-state index in [2.05, 4.69) is 5.32 Å². The molecule has 5 heteroatoms. The van der Waals surface area contributed by atoms with Crippen LogP contribution in [-0.4, -0.2) is 23.2 Å². The number of carbonyl (C=O) groups excluding carboxylic acids is 1. The van der Waals surface area contributed by atoms with E-state index in [4.69, 9.17) is 9.84 Å². The van der Waals surface area contributed by atoms with Crippen molar-refractivity contribution in [3.8, 4) is 0 Å². The molecule has 0 bridgehead atoms. The number of benzene rings is 1. The summed E-state index contributed by atoms with van der Waals surface area (Å²) in [5, 5.41) is 11.7. The maximum absolute atomic E-state index is 11.8. The van der Waals surface area contributed by atoms with E-state index in [1.54, 1.807) is 0 Å². The molecule has 0 spiro atoms. The van der Waals surface area contributed by atoms with Gasteiger partial charge >= 0.3 is 12.1 Å². The molecule has 0 aliphatic rings. The van der Waals surface area contributed by atoms with E-state index in [9.17, 15) is 9.59 Å². The quantitative estimate of drug-likeness (QED) is 0.771. The van der Waals surface area contributed by atoms with Crippen molar-refractivity contribution in [3.05, 3.63) is 35.9 Å². The summed E-state index contributed by atoms with van der Waals surface area (Å²) in [5.74, 6) is -0.590. The van der Waals surface area contributed by atoms with E-state index < -0.39 is 12.1 Å². The molecule has 5 nitrogen and oxygen atoms in total. The Balaban J connectivity index is 2.47. The van der Waals surface area contributed by atoms with Crippen molar-refractivity contribution in [3.63, 3.8) is 0 Å². The first-order valence-corrected chi connectivity index (χ1v) is 7.57. The summed E-state index contributed by atoms with van der Waals surface area (Å²) in [6.07, 6.45) is 0.264. The molecule has 0 heterocycles. The first kappa shape index (κ1) is 18.0. The molecule has 1 rings (SSSR count). The third-order valence-corrected chi connectivity index (χ3v) is 3.48. The zero-order chi connectivity index (χ0) is 16.5. The number of ether oxygens (including phenoxy) is 1. The van der Waals surface area contributed by atoms with Crippen molar-refractivity contribution in [1.82, 2.24) is 5.32 Å². The van der Waals surface area contributed by atoms with E-state index >= 15 is 0 Å². The van der Waals surface area contributed by atoms with Crippen LogP contribution in [0, 0.1) is 11.8 Å². The SMILES string of the molecule is CC(C)CC(CC(=O)O)C(C)NC(=O)OCc1ccccc1. The first-order valence-electron chi connectivity index (χ1n) is 7.57. The van der Waals surface area contributed by atoms with Crippen molar-refractivity contribution in [1.29, 1.82) is 0 Å². The van der Waals surface area contributed by atoms with Gasteiger partial charge in [-0.05, 0) is 30.7 Å². The average molecular weight is 307 g/mol. The Hall–Kier alpha value is -2.04. The lowest BCUT2D eigenvalue weighted by Gasteiger charge is -2.24. The van der Waals surface area contributed by atoms with Gasteiger partial charge in [0.05, 0.1) is 6.42 Å². The van der Waals surface area contributed by atoms with E-state index in [0.29, 0.717) is 5.92 Å². The number of carboxylic acid groups (broad SMARTS) is 1. The molecule has 122 valence electrons. The highest BCUT2D eigenvalue weighted by molar-refractivity contribution is 5.69. The molecule has 0 radical (unpaired) electrons. The minimum atomic E-state index is -0.850. The molecule has 22 heavy (non-hydrogen) atoms. The Kier molecular flexibility index (Phi) is 7.43. The van der Waals surface area contributed by atoms with E-state index in [1.165, 1.54) is 0 Å². The number of rotatable bonds is 8. The molecule has 0 saturated heterocycles. The lowest BCUT2D eigenvalue weighted by atomic mass is 9.88. The number of hydrogen-bond donors (Lipinski definition) is 2. The molecule has 0 fully saturated rings. The van der Waals surface area contributed by atoms with E-state index in [-0.39, 0.29) is 25.0 Å². The zero-order valence-corrected chi connectivity index (χ0v) is 13.4. The number of carbonyl (C=O) groups is 2. The molecule has 0 aliphatic heterocycles. The van der Waals surface area contributed by atoms with Crippen LogP contribution in [0.3, 0.4) is 0 Å². The smallest absolute Gasteiger partial charge is 0.407 e. The van der Waals surface area contributed by atoms with Gasteiger partial charge in [-0.15, -0.1) is 0 Å². The van der Waals surface area contributed by atoms with Crippen LogP contribution >= 0.6 is 0 Å². The van der Waals surface area contributed by atoms with Gasteiger partial charge in [-0.2, -0.15) is 0 Å². The van der Waals surface area contributed by atoms with Gasteiger partial charge in [0.1, 0.15) is 6.61 Å². The molecule has 2 N–H and O–H groups in total. The van der Waals surface area contributed by atoms with Gasteiger partial charge in [-0.25, -0.2) is 4.79 Å². The fraction of sp³-hybridized carbons (Fsp3) is 0.529. The standard InChI is InChI=1S/C17H25NO4/c1-12(2)9-15(10-16(19)20)13(3)18-17(21)22-11-14-7-5-4-6-8-14/h4-8,12-13,15H,9-11H2,1-3H3,(H,18,21)(H,19,20). The summed E-state index contributed by atoms with van der Waals surface area (Å²) >= 11 is 0. The summed E-state index contributed by atoms with van der Waals surface area (Å²) in [7, 11) is 0. The molecule has 2 atom stereocenters. The normalized spacial score (nSPS) is 13.5. The lowest BCUT2D eigenvalue weighted by molar-refractivity contribution is -0.138. The van der Waals surface area contributed by atoms with Gasteiger partial charge in [0.15, 0.2) is 0 Å². The fourth-order valence-corrected chi connectivity index (χ4v) is 2.36. The van der Waals surface area contributed by atoms with Gasteiger partial charge in [0, 0.05) is 6.04 Å². The topological polar surface area (TPSA) is 75.6 Å². The average Bonchev–Trinajstić information content (AvgIpc) is 2.44. The van der Waals surface area contributed by atoms with Crippen LogP contribution in [0.25, 0.3) is 0 Å². The van der Waals surface area contributed by atoms with Crippen molar-refractivity contribution in [2.24, 2.45) is 11.8 Å². The Morgan fingerprint density at radius 2 is 1.82 bits per heavy atom. The van der Waals surface area contributed by atoms with Gasteiger partial charge in [0.2, 0.25) is 0 Å². The highest BCUT2D eigenvalue weighted by atomic mass is 16.5. The van der Waals surface area contributed by atoms with Crippen molar-refractivity contribution < 1.29 is 19.4 Å². The summed E-state index contributed by atoms with van der Waals surface area (Å²) in [6.45, 7) is 6.09. The number of alkyl carbamates (subject to hydrolysis) is 1. The van der Waals surface area contributed by atoms with Crippen LogP contribution in [0.2, 0.25) is 0 Å². The molecular weight excluding hydrogens is 282 g/mol. The molecule has 2 unspecified atom stereocenters. The van der Waals surface area contributed by atoms with Crippen LogP contribution in [0.4, 0.5) is 4.79 Å². The summed E-state index contributed by atoms with van der Waals surface area (Å²) in [4.78, 5) is 22.8. The first-order chi connectivity index (χ1) is 10.4. The van der Waals surface area contributed by atoms with Crippen LogP contribution in [0.15, 0.2) is 30.3 Å². The Labute approximate surface area is 131 Å². The summed E-state index contributed by atoms with van der Waals surface area (Å²) < 4.78 is 5.16. The second-order valence-electron chi connectivity index (χ2n) is 5.98. The number of hydrogen-bond acceptors (Lipinski definition) is 3. The van der Waals surface area contributed by atoms with Gasteiger partial charge < -0.3 is 15.2 Å². The van der Waals surface area contributed by atoms with E-state index in [1.807, 2.05) is 51.1 Å². The molecular formula is C17H25NO4. The predicted molar refractivity (Wildman–Crippen MR) is 84.4 cm³/mol. The highest BCUT2D eigenvalue weighted by Crippen LogP contribution is 2.19. The second-order valence-corrected chi connectivity index (χ2v) is 5.98. The van der Waals surface area contributed by atoms with Crippen molar-refractivity contribution >= 4 is 12.1 Å². The number of amides is 1. The third kappa shape index (κ3) is 7.11. The van der Waals surface area contributed by atoms with Crippen LogP contribution < -0.4 is 5.32 Å². The molecule has 1 amide bonds. The van der Waals surface area contributed by atoms with Gasteiger partial charge in [-0.1, -0.05) is 44.2 Å². The van der Waals surface area contributed by atoms with Gasteiger partial charge in [-0.3, -0.25) is 4.79 Å². The van der Waals surface area contributed by atoms with E-state index in [0.717, 1.165) is 12.0 Å². The van der Waals surface area contributed by atoms with Crippen molar-refractivity contribution in [2.75, 3.05) is 0 Å².